The van der Waals surface area contributed by atoms with Crippen LogP contribution < -0.4 is 4.72 Å². The highest BCUT2D eigenvalue weighted by molar-refractivity contribution is 7.90. The first kappa shape index (κ1) is 19.4. The molecule has 0 aliphatic heterocycles. The molecule has 1 aliphatic rings. The molecule has 1 saturated carbocycles. The summed E-state index contributed by atoms with van der Waals surface area (Å²) in [7, 11) is -3.30. The number of halogens is 1. The van der Waals surface area contributed by atoms with Gasteiger partial charge in [0.05, 0.1) is 10.4 Å². The van der Waals surface area contributed by atoms with Crippen molar-refractivity contribution < 1.29 is 8.42 Å². The Balaban J connectivity index is 1.62. The molecule has 2 aromatic rings. The minimum Gasteiger partial charge on any atom is -0.282 e. The molecule has 1 aliphatic carbocycles. The van der Waals surface area contributed by atoms with Gasteiger partial charge in [-0.05, 0) is 64.7 Å². The second-order valence-corrected chi connectivity index (χ2v) is 10.9. The molecular formula is C19H26ClN3O2S. The van der Waals surface area contributed by atoms with Gasteiger partial charge in [0.1, 0.15) is 0 Å². The van der Waals surface area contributed by atoms with E-state index in [1.165, 1.54) is 0 Å². The van der Waals surface area contributed by atoms with Crippen molar-refractivity contribution in [1.82, 2.24) is 14.9 Å². The number of aromatic nitrogens is 2. The number of benzene rings is 1. The van der Waals surface area contributed by atoms with E-state index in [0.717, 1.165) is 42.6 Å². The van der Waals surface area contributed by atoms with Crippen molar-refractivity contribution in [3.63, 3.8) is 0 Å². The van der Waals surface area contributed by atoms with Gasteiger partial charge >= 0.3 is 0 Å². The lowest BCUT2D eigenvalue weighted by atomic mass is 9.84. The minimum atomic E-state index is -3.30. The van der Waals surface area contributed by atoms with Crippen molar-refractivity contribution >= 4 is 21.6 Å². The lowest BCUT2D eigenvalue weighted by Crippen LogP contribution is -2.45. The maximum Gasteiger partial charge on any atom is 0.216 e. The molecule has 1 aromatic carbocycles. The van der Waals surface area contributed by atoms with Crippen LogP contribution in [-0.2, 0) is 10.0 Å². The summed E-state index contributed by atoms with van der Waals surface area (Å²) in [6, 6.07) is 9.75. The molecule has 2 N–H and O–H groups in total. The van der Waals surface area contributed by atoms with E-state index in [2.05, 4.69) is 21.0 Å². The van der Waals surface area contributed by atoms with E-state index >= 15 is 0 Å². The van der Waals surface area contributed by atoms with Crippen LogP contribution in [0, 0.1) is 0 Å². The highest BCUT2D eigenvalue weighted by atomic mass is 35.5. The average molecular weight is 396 g/mol. The smallest absolute Gasteiger partial charge is 0.216 e. The van der Waals surface area contributed by atoms with Gasteiger partial charge in [-0.25, -0.2) is 13.1 Å². The molecule has 1 fully saturated rings. The molecule has 0 saturated heterocycles. The Hall–Kier alpha value is -1.37. The molecule has 1 aromatic heterocycles. The van der Waals surface area contributed by atoms with Gasteiger partial charge in [0, 0.05) is 28.2 Å². The van der Waals surface area contributed by atoms with E-state index in [-0.39, 0.29) is 6.04 Å². The van der Waals surface area contributed by atoms with Crippen LogP contribution in [0.3, 0.4) is 0 Å². The SMILES string of the molecule is CC(C)(C)S(=O)(=O)N[C@H]1CC[C@H](c2cc(-c3cccc(Cl)c3)n[nH]2)CC1. The summed E-state index contributed by atoms with van der Waals surface area (Å²) in [6.45, 7) is 5.18. The van der Waals surface area contributed by atoms with Crippen LogP contribution in [0.4, 0.5) is 0 Å². The van der Waals surface area contributed by atoms with Gasteiger partial charge in [-0.2, -0.15) is 5.10 Å². The fourth-order valence-electron chi connectivity index (χ4n) is 3.26. The lowest BCUT2D eigenvalue weighted by Gasteiger charge is -2.30. The van der Waals surface area contributed by atoms with Crippen LogP contribution in [0.25, 0.3) is 11.3 Å². The monoisotopic (exact) mass is 395 g/mol. The third-order valence-electron chi connectivity index (χ3n) is 5.01. The Bertz CT molecular complexity index is 863. The second-order valence-electron chi connectivity index (χ2n) is 8.00. The summed E-state index contributed by atoms with van der Waals surface area (Å²) in [6.07, 6.45) is 3.56. The average Bonchev–Trinajstić information content (AvgIpc) is 3.04. The van der Waals surface area contributed by atoms with Gasteiger partial charge in [0.15, 0.2) is 0 Å². The molecule has 142 valence electrons. The van der Waals surface area contributed by atoms with Crippen LogP contribution in [0.5, 0.6) is 0 Å². The predicted octanol–water partition coefficient (Wildman–Crippen LogP) is 4.47. The van der Waals surface area contributed by atoms with Gasteiger partial charge in [0.25, 0.3) is 0 Å². The molecule has 0 radical (unpaired) electrons. The third-order valence-corrected chi connectivity index (χ3v) is 7.50. The summed E-state index contributed by atoms with van der Waals surface area (Å²) in [5.41, 5.74) is 2.99. The molecule has 0 amide bonds. The summed E-state index contributed by atoms with van der Waals surface area (Å²) in [4.78, 5) is 0. The Kier molecular flexibility index (Phi) is 5.47. The number of H-pyrrole nitrogens is 1. The summed E-state index contributed by atoms with van der Waals surface area (Å²) >= 11 is 6.06. The molecule has 0 atom stereocenters. The molecule has 0 spiro atoms. The number of nitrogens with zero attached hydrogens (tertiary/aromatic N) is 1. The van der Waals surface area contributed by atoms with E-state index in [4.69, 9.17) is 11.6 Å². The molecule has 7 heteroatoms. The number of nitrogens with one attached hydrogen (secondary N) is 2. The molecule has 0 unspecified atom stereocenters. The summed E-state index contributed by atoms with van der Waals surface area (Å²) < 4.78 is 26.7. The van der Waals surface area contributed by atoms with Gasteiger partial charge in [-0.1, -0.05) is 23.7 Å². The topological polar surface area (TPSA) is 74.8 Å². The van der Waals surface area contributed by atoms with Crippen LogP contribution in [0.2, 0.25) is 5.02 Å². The number of rotatable bonds is 4. The normalized spacial score (nSPS) is 21.7. The molecular weight excluding hydrogens is 370 g/mol. The highest BCUT2D eigenvalue weighted by Gasteiger charge is 2.33. The first-order valence-corrected chi connectivity index (χ1v) is 10.8. The molecule has 26 heavy (non-hydrogen) atoms. The quantitative estimate of drug-likeness (QED) is 0.801. The van der Waals surface area contributed by atoms with E-state index in [1.54, 1.807) is 20.8 Å². The number of hydrogen-bond acceptors (Lipinski definition) is 3. The van der Waals surface area contributed by atoms with Gasteiger partial charge in [-0.15, -0.1) is 0 Å². The highest BCUT2D eigenvalue weighted by Crippen LogP contribution is 2.34. The maximum absolute atomic E-state index is 12.3. The molecule has 0 bridgehead atoms. The minimum absolute atomic E-state index is 0.0193. The maximum atomic E-state index is 12.3. The first-order valence-electron chi connectivity index (χ1n) is 8.99. The number of sulfonamides is 1. The third kappa shape index (κ3) is 4.30. The van der Waals surface area contributed by atoms with Crippen LogP contribution in [0.15, 0.2) is 30.3 Å². The zero-order valence-corrected chi connectivity index (χ0v) is 17.0. The van der Waals surface area contributed by atoms with Crippen molar-refractivity contribution in [1.29, 1.82) is 0 Å². The second kappa shape index (κ2) is 7.33. The molecule has 5 nitrogen and oxygen atoms in total. The van der Waals surface area contributed by atoms with Crippen LogP contribution in [-0.4, -0.2) is 29.4 Å². The van der Waals surface area contributed by atoms with Crippen molar-refractivity contribution in [2.75, 3.05) is 0 Å². The lowest BCUT2D eigenvalue weighted by molar-refractivity contribution is 0.367. The number of aromatic amines is 1. The van der Waals surface area contributed by atoms with Crippen LogP contribution >= 0.6 is 11.6 Å². The van der Waals surface area contributed by atoms with E-state index in [9.17, 15) is 8.42 Å². The van der Waals surface area contributed by atoms with E-state index in [1.807, 2.05) is 24.3 Å². The van der Waals surface area contributed by atoms with Gasteiger partial charge in [0.2, 0.25) is 10.0 Å². The van der Waals surface area contributed by atoms with Gasteiger partial charge in [-0.3, -0.25) is 5.10 Å². The predicted molar refractivity (Wildman–Crippen MR) is 106 cm³/mol. The van der Waals surface area contributed by atoms with Gasteiger partial charge < -0.3 is 0 Å². The summed E-state index contributed by atoms with van der Waals surface area (Å²) in [5, 5.41) is 8.26. The van der Waals surface area contributed by atoms with Crippen LogP contribution in [0.1, 0.15) is 58.1 Å². The molecule has 1 heterocycles. The Morgan fingerprint density at radius 1 is 1.15 bits per heavy atom. The van der Waals surface area contributed by atoms with E-state index in [0.29, 0.717) is 10.9 Å². The van der Waals surface area contributed by atoms with Crippen molar-refractivity contribution in [3.05, 3.63) is 41.0 Å². The number of hydrogen-bond donors (Lipinski definition) is 2. The standard InChI is InChI=1S/C19H26ClN3O2S/c1-19(2,3)26(24,25)23-16-9-7-13(8-10-16)17-12-18(22-21-17)14-5-4-6-15(20)11-14/h4-6,11-13,16,23H,7-10H2,1-3H3,(H,21,22)/t13-,16-. The first-order chi connectivity index (χ1) is 12.2. The van der Waals surface area contributed by atoms with Crippen molar-refractivity contribution in [2.24, 2.45) is 0 Å². The Morgan fingerprint density at radius 2 is 1.85 bits per heavy atom. The zero-order valence-electron chi connectivity index (χ0n) is 15.4. The fourth-order valence-corrected chi connectivity index (χ4v) is 4.48. The van der Waals surface area contributed by atoms with Crippen molar-refractivity contribution in [2.45, 2.75) is 63.2 Å². The largest absolute Gasteiger partial charge is 0.282 e. The zero-order chi connectivity index (χ0) is 18.9. The van der Waals surface area contributed by atoms with E-state index < -0.39 is 14.8 Å². The summed E-state index contributed by atoms with van der Waals surface area (Å²) in [5.74, 6) is 0.380. The van der Waals surface area contributed by atoms with Crippen molar-refractivity contribution in [3.8, 4) is 11.3 Å². The fraction of sp³-hybridized carbons (Fsp3) is 0.526. The molecule has 3 rings (SSSR count). The Morgan fingerprint density at radius 3 is 2.46 bits per heavy atom. The Labute approximate surface area is 160 Å².